The molecule has 226 valence electrons. The van der Waals surface area contributed by atoms with Gasteiger partial charge in [0.2, 0.25) is 0 Å². The number of anilines is 1. The number of halogens is 2. The smallest absolute Gasteiger partial charge is 0.329 e. The van der Waals surface area contributed by atoms with Gasteiger partial charge in [-0.1, -0.05) is 24.3 Å². The first-order valence-electron chi connectivity index (χ1n) is 13.9. The number of rotatable bonds is 12. The molecule has 0 fully saturated rings. The Kier molecular flexibility index (Phi) is 10.6. The summed E-state index contributed by atoms with van der Waals surface area (Å²) in [6, 6.07) is 16.3. The molecule has 43 heavy (non-hydrogen) atoms. The van der Waals surface area contributed by atoms with Gasteiger partial charge in [-0.2, -0.15) is 11.8 Å². The maximum absolute atomic E-state index is 13.8. The van der Waals surface area contributed by atoms with Crippen molar-refractivity contribution >= 4 is 29.3 Å². The van der Waals surface area contributed by atoms with E-state index >= 15 is 0 Å². The van der Waals surface area contributed by atoms with Crippen molar-refractivity contribution < 1.29 is 23.1 Å². The Labute approximate surface area is 255 Å². The molecule has 0 saturated carbocycles. The zero-order valence-corrected chi connectivity index (χ0v) is 25.5. The fourth-order valence-electron chi connectivity index (χ4n) is 4.53. The quantitative estimate of drug-likeness (QED) is 0.171. The SMILES string of the molecule is CSCC[C@H](NC(=O)c1ccc(NC(Cn2ccnc2)c2ccc(F)cc2)cc1-c1ccc(F)cc1)C(=O)OC(C)(C)C. The van der Waals surface area contributed by atoms with Crippen molar-refractivity contribution in [3.63, 3.8) is 0 Å². The molecular weight excluding hydrogens is 570 g/mol. The average molecular weight is 607 g/mol. The molecule has 4 aromatic rings. The number of carbonyl (C=O) groups excluding carboxylic acids is 2. The van der Waals surface area contributed by atoms with E-state index in [1.807, 2.05) is 23.1 Å². The van der Waals surface area contributed by atoms with Crippen LogP contribution < -0.4 is 10.6 Å². The first-order chi connectivity index (χ1) is 20.5. The number of thioether (sulfide) groups is 1. The van der Waals surface area contributed by atoms with Gasteiger partial charge in [-0.15, -0.1) is 0 Å². The highest BCUT2D eigenvalue weighted by Crippen LogP contribution is 2.30. The van der Waals surface area contributed by atoms with Gasteiger partial charge in [-0.05, 0) is 98.4 Å². The van der Waals surface area contributed by atoms with Gasteiger partial charge in [0.15, 0.2) is 0 Å². The van der Waals surface area contributed by atoms with E-state index in [1.165, 1.54) is 24.3 Å². The van der Waals surface area contributed by atoms with Crippen LogP contribution in [0.4, 0.5) is 14.5 Å². The lowest BCUT2D eigenvalue weighted by atomic mass is 9.97. The van der Waals surface area contributed by atoms with Crippen LogP contribution in [0.15, 0.2) is 85.5 Å². The lowest BCUT2D eigenvalue weighted by Crippen LogP contribution is -2.44. The third kappa shape index (κ3) is 9.15. The summed E-state index contributed by atoms with van der Waals surface area (Å²) in [6.45, 7) is 5.85. The first kappa shape index (κ1) is 31.7. The normalized spacial score (nSPS) is 12.8. The molecule has 1 unspecified atom stereocenters. The third-order valence-electron chi connectivity index (χ3n) is 6.59. The largest absolute Gasteiger partial charge is 0.458 e. The number of carbonyl (C=O) groups is 2. The van der Waals surface area contributed by atoms with Gasteiger partial charge in [0, 0.05) is 30.2 Å². The number of amides is 1. The number of ether oxygens (including phenoxy) is 1. The molecule has 0 aliphatic rings. The molecule has 0 aliphatic heterocycles. The fourth-order valence-corrected chi connectivity index (χ4v) is 5.00. The second-order valence-corrected chi connectivity index (χ2v) is 12.1. The van der Waals surface area contributed by atoms with E-state index in [9.17, 15) is 18.4 Å². The molecule has 1 amide bonds. The minimum atomic E-state index is -0.837. The summed E-state index contributed by atoms with van der Waals surface area (Å²) in [7, 11) is 0. The molecule has 0 saturated heterocycles. The van der Waals surface area contributed by atoms with Gasteiger partial charge in [0.25, 0.3) is 5.91 Å². The Morgan fingerprint density at radius 1 is 1.00 bits per heavy atom. The molecule has 7 nitrogen and oxygen atoms in total. The Morgan fingerprint density at radius 2 is 1.67 bits per heavy atom. The molecule has 10 heteroatoms. The second-order valence-electron chi connectivity index (χ2n) is 11.1. The van der Waals surface area contributed by atoms with Crippen LogP contribution in [0.1, 0.15) is 49.2 Å². The van der Waals surface area contributed by atoms with E-state index < -0.39 is 29.3 Å². The minimum absolute atomic E-state index is 0.265. The molecule has 0 aliphatic carbocycles. The molecule has 1 aromatic heterocycles. The van der Waals surface area contributed by atoms with Gasteiger partial charge in [-0.3, -0.25) is 4.79 Å². The molecule has 4 rings (SSSR count). The van der Waals surface area contributed by atoms with Crippen LogP contribution >= 0.6 is 11.8 Å². The summed E-state index contributed by atoms with van der Waals surface area (Å²) in [5, 5.41) is 6.37. The summed E-state index contributed by atoms with van der Waals surface area (Å²) >= 11 is 1.57. The third-order valence-corrected chi connectivity index (χ3v) is 7.24. The van der Waals surface area contributed by atoms with E-state index in [0.717, 1.165) is 5.56 Å². The highest BCUT2D eigenvalue weighted by atomic mass is 32.2. The Bertz CT molecular complexity index is 1500. The summed E-state index contributed by atoms with van der Waals surface area (Å²) in [5.41, 5.74) is 2.34. The Hall–Kier alpha value is -4.18. The molecule has 1 heterocycles. The van der Waals surface area contributed by atoms with Crippen molar-refractivity contribution in [3.05, 3.63) is 108 Å². The molecule has 2 N–H and O–H groups in total. The standard InChI is InChI=1S/C33H36F2N4O3S/c1-33(2,3)42-32(41)29(15-18-43-4)38-31(40)27-14-13-26(19-28(27)22-5-9-24(34)10-6-22)37-30(20-39-17-16-36-21-39)23-7-11-25(35)12-8-23/h5-14,16-17,19,21,29-30,37H,15,18,20H2,1-4H3,(H,38,40)/t29-,30?/m0/s1. The topological polar surface area (TPSA) is 85.3 Å². The predicted octanol–water partition coefficient (Wildman–Crippen LogP) is 6.87. The van der Waals surface area contributed by atoms with Crippen molar-refractivity contribution in [1.82, 2.24) is 14.9 Å². The van der Waals surface area contributed by atoms with Crippen molar-refractivity contribution in [2.45, 2.75) is 51.4 Å². The summed E-state index contributed by atoms with van der Waals surface area (Å²) < 4.78 is 35.0. The van der Waals surface area contributed by atoms with E-state index in [-0.39, 0.29) is 11.9 Å². The molecule has 3 aromatic carbocycles. The highest BCUT2D eigenvalue weighted by molar-refractivity contribution is 7.98. The molecular formula is C33H36F2N4O3S. The fraction of sp³-hybridized carbons (Fsp3) is 0.303. The van der Waals surface area contributed by atoms with E-state index in [1.54, 1.807) is 81.5 Å². The highest BCUT2D eigenvalue weighted by Gasteiger charge is 2.28. The van der Waals surface area contributed by atoms with Crippen molar-refractivity contribution in [2.75, 3.05) is 17.3 Å². The van der Waals surface area contributed by atoms with Crippen molar-refractivity contribution in [3.8, 4) is 11.1 Å². The predicted molar refractivity (Wildman–Crippen MR) is 167 cm³/mol. The van der Waals surface area contributed by atoms with E-state index in [0.29, 0.717) is 41.1 Å². The van der Waals surface area contributed by atoms with Crippen molar-refractivity contribution in [1.29, 1.82) is 0 Å². The van der Waals surface area contributed by atoms with Crippen LogP contribution in [-0.2, 0) is 16.1 Å². The molecule has 0 bridgehead atoms. The van der Waals surface area contributed by atoms with Crippen LogP contribution in [0.5, 0.6) is 0 Å². The number of esters is 1. The number of nitrogens with one attached hydrogen (secondary N) is 2. The zero-order valence-electron chi connectivity index (χ0n) is 24.6. The van der Waals surface area contributed by atoms with Gasteiger partial charge in [0.05, 0.1) is 12.4 Å². The number of nitrogens with zero attached hydrogens (tertiary/aromatic N) is 2. The Morgan fingerprint density at radius 3 is 2.28 bits per heavy atom. The van der Waals surface area contributed by atoms with Crippen LogP contribution in [-0.4, -0.2) is 45.1 Å². The monoisotopic (exact) mass is 606 g/mol. The van der Waals surface area contributed by atoms with Gasteiger partial charge in [0.1, 0.15) is 23.3 Å². The maximum Gasteiger partial charge on any atom is 0.329 e. The van der Waals surface area contributed by atoms with Crippen LogP contribution in [0.3, 0.4) is 0 Å². The minimum Gasteiger partial charge on any atom is -0.458 e. The number of imidazole rings is 1. The summed E-state index contributed by atoms with van der Waals surface area (Å²) in [6.07, 6.45) is 7.56. The van der Waals surface area contributed by atoms with Gasteiger partial charge < -0.3 is 19.9 Å². The lowest BCUT2D eigenvalue weighted by Gasteiger charge is -2.25. The number of hydrogen-bond donors (Lipinski definition) is 2. The molecule has 2 atom stereocenters. The van der Waals surface area contributed by atoms with E-state index in [4.69, 9.17) is 4.74 Å². The number of benzene rings is 3. The van der Waals surface area contributed by atoms with Gasteiger partial charge >= 0.3 is 5.97 Å². The average Bonchev–Trinajstić information content (AvgIpc) is 3.48. The molecule has 0 radical (unpaired) electrons. The molecule has 0 spiro atoms. The van der Waals surface area contributed by atoms with Crippen LogP contribution in [0, 0.1) is 11.6 Å². The lowest BCUT2D eigenvalue weighted by molar-refractivity contribution is -0.157. The maximum atomic E-state index is 13.8. The van der Waals surface area contributed by atoms with Crippen molar-refractivity contribution in [2.24, 2.45) is 0 Å². The zero-order chi connectivity index (χ0) is 31.0. The Balaban J connectivity index is 1.68. The van der Waals surface area contributed by atoms with Gasteiger partial charge in [-0.25, -0.2) is 18.6 Å². The number of aromatic nitrogens is 2. The summed E-state index contributed by atoms with van der Waals surface area (Å²) in [5.74, 6) is -1.03. The summed E-state index contributed by atoms with van der Waals surface area (Å²) in [4.78, 5) is 30.8. The number of hydrogen-bond acceptors (Lipinski definition) is 6. The first-order valence-corrected chi connectivity index (χ1v) is 15.3. The van der Waals surface area contributed by atoms with E-state index in [2.05, 4.69) is 15.6 Å². The van der Waals surface area contributed by atoms with Crippen LogP contribution in [0.2, 0.25) is 0 Å². The van der Waals surface area contributed by atoms with Crippen LogP contribution in [0.25, 0.3) is 11.1 Å². The second kappa shape index (κ2) is 14.3.